The Labute approximate surface area is 124 Å². The molecule has 0 saturated carbocycles. The van der Waals surface area contributed by atoms with Crippen LogP contribution in [-0.2, 0) is 16.0 Å². The lowest BCUT2D eigenvalue weighted by Gasteiger charge is -2.11. The first-order chi connectivity index (χ1) is 9.67. The zero-order valence-electron chi connectivity index (χ0n) is 11.8. The molecule has 0 amide bonds. The van der Waals surface area contributed by atoms with Crippen molar-refractivity contribution in [2.45, 2.75) is 12.8 Å². The second kappa shape index (κ2) is 9.20. The Morgan fingerprint density at radius 1 is 1.30 bits per heavy atom. The summed E-state index contributed by atoms with van der Waals surface area (Å²) in [4.78, 5) is 15.1. The summed E-state index contributed by atoms with van der Waals surface area (Å²) >= 11 is 6.08. The van der Waals surface area contributed by atoms with Gasteiger partial charge in [0.1, 0.15) is 0 Å². The fraction of sp³-hybridized carbons (Fsp3) is 0.429. The highest BCUT2D eigenvalue weighted by molar-refractivity contribution is 6.31. The third-order valence-electron chi connectivity index (χ3n) is 2.72. The van der Waals surface area contributed by atoms with Crippen LogP contribution in [0.25, 0.3) is 0 Å². The molecule has 0 aromatic heterocycles. The Bertz CT molecular complexity index is 463. The Morgan fingerprint density at radius 3 is 2.65 bits per heavy atom. The number of hydrogen-bond donors (Lipinski definition) is 2. The van der Waals surface area contributed by atoms with E-state index in [1.165, 1.54) is 7.11 Å². The van der Waals surface area contributed by atoms with E-state index < -0.39 is 0 Å². The Hall–Kier alpha value is -1.75. The van der Waals surface area contributed by atoms with E-state index in [9.17, 15) is 4.79 Å². The van der Waals surface area contributed by atoms with Gasteiger partial charge >= 0.3 is 5.97 Å². The Morgan fingerprint density at radius 2 is 2.00 bits per heavy atom. The summed E-state index contributed by atoms with van der Waals surface area (Å²) in [6.07, 6.45) is 1.11. The summed E-state index contributed by atoms with van der Waals surface area (Å²) in [5.74, 6) is 0.407. The van der Waals surface area contributed by atoms with Gasteiger partial charge in [0.2, 0.25) is 0 Å². The number of rotatable bonds is 6. The molecule has 0 spiro atoms. The van der Waals surface area contributed by atoms with Gasteiger partial charge in [-0.1, -0.05) is 29.8 Å². The molecule has 6 heteroatoms. The van der Waals surface area contributed by atoms with Gasteiger partial charge in [-0.25, -0.2) is 0 Å². The zero-order valence-corrected chi connectivity index (χ0v) is 12.5. The fourth-order valence-electron chi connectivity index (χ4n) is 1.62. The van der Waals surface area contributed by atoms with Gasteiger partial charge in [0.15, 0.2) is 5.96 Å². The number of nitrogens with zero attached hydrogens (tertiary/aromatic N) is 1. The lowest BCUT2D eigenvalue weighted by Crippen LogP contribution is -2.39. The molecule has 0 fully saturated rings. The zero-order chi connectivity index (χ0) is 14.8. The molecule has 5 nitrogen and oxygen atoms in total. The number of nitrogens with one attached hydrogen (secondary N) is 2. The molecule has 110 valence electrons. The molecule has 0 aliphatic rings. The molecular formula is C14H20ClN3O2. The molecule has 0 aliphatic heterocycles. The smallest absolute Gasteiger partial charge is 0.307 e. The van der Waals surface area contributed by atoms with Gasteiger partial charge in [0.25, 0.3) is 0 Å². The van der Waals surface area contributed by atoms with E-state index in [1.807, 2.05) is 24.3 Å². The van der Waals surface area contributed by atoms with Crippen molar-refractivity contribution in [2.75, 3.05) is 27.2 Å². The van der Waals surface area contributed by atoms with Gasteiger partial charge in [-0.05, 0) is 18.1 Å². The average Bonchev–Trinajstić information content (AvgIpc) is 2.47. The van der Waals surface area contributed by atoms with Crippen LogP contribution in [0.15, 0.2) is 29.3 Å². The van der Waals surface area contributed by atoms with Crippen molar-refractivity contribution in [3.63, 3.8) is 0 Å². The number of carbonyl (C=O) groups excluding carboxylic acids is 1. The topological polar surface area (TPSA) is 62.7 Å². The molecular weight excluding hydrogens is 278 g/mol. The van der Waals surface area contributed by atoms with E-state index in [4.69, 9.17) is 11.6 Å². The van der Waals surface area contributed by atoms with E-state index in [0.29, 0.717) is 25.5 Å². The van der Waals surface area contributed by atoms with Gasteiger partial charge in [0, 0.05) is 25.2 Å². The van der Waals surface area contributed by atoms with Crippen molar-refractivity contribution in [2.24, 2.45) is 4.99 Å². The van der Waals surface area contributed by atoms with Gasteiger partial charge in [0.05, 0.1) is 13.5 Å². The van der Waals surface area contributed by atoms with Crippen molar-refractivity contribution >= 4 is 23.5 Å². The predicted octanol–water partition coefficient (Wildman–Crippen LogP) is 1.61. The molecule has 2 N–H and O–H groups in total. The van der Waals surface area contributed by atoms with Crippen LogP contribution in [0.2, 0.25) is 5.02 Å². The average molecular weight is 298 g/mol. The van der Waals surface area contributed by atoms with E-state index in [-0.39, 0.29) is 5.97 Å². The molecule has 0 saturated heterocycles. The minimum Gasteiger partial charge on any atom is -0.469 e. The standard InChI is InChI=1S/C14H20ClN3O2/c1-16-14(18-10-8-13(19)20-2)17-9-7-11-5-3-4-6-12(11)15/h3-6H,7-10H2,1-2H3,(H2,16,17,18). The minimum absolute atomic E-state index is 0.246. The number of hydrogen-bond acceptors (Lipinski definition) is 3. The summed E-state index contributed by atoms with van der Waals surface area (Å²) in [5.41, 5.74) is 1.09. The van der Waals surface area contributed by atoms with Crippen LogP contribution >= 0.6 is 11.6 Å². The van der Waals surface area contributed by atoms with Crippen LogP contribution in [0, 0.1) is 0 Å². The number of esters is 1. The first kappa shape index (κ1) is 16.3. The molecule has 1 rings (SSSR count). The van der Waals surface area contributed by atoms with Crippen molar-refractivity contribution < 1.29 is 9.53 Å². The largest absolute Gasteiger partial charge is 0.469 e. The lowest BCUT2D eigenvalue weighted by atomic mass is 10.1. The van der Waals surface area contributed by atoms with Crippen molar-refractivity contribution in [3.05, 3.63) is 34.9 Å². The number of guanidine groups is 1. The summed E-state index contributed by atoms with van der Waals surface area (Å²) in [5, 5.41) is 6.97. The molecule has 1 aromatic rings. The predicted molar refractivity (Wildman–Crippen MR) is 81.2 cm³/mol. The fourth-order valence-corrected chi connectivity index (χ4v) is 1.85. The van der Waals surface area contributed by atoms with Crippen molar-refractivity contribution in [1.82, 2.24) is 10.6 Å². The number of halogens is 1. The van der Waals surface area contributed by atoms with E-state index in [0.717, 1.165) is 17.0 Å². The summed E-state index contributed by atoms with van der Waals surface area (Å²) in [7, 11) is 3.06. The van der Waals surface area contributed by atoms with E-state index in [2.05, 4.69) is 20.4 Å². The molecule has 20 heavy (non-hydrogen) atoms. The van der Waals surface area contributed by atoms with Crippen LogP contribution in [0.4, 0.5) is 0 Å². The second-order valence-corrected chi connectivity index (χ2v) is 4.50. The SMILES string of the molecule is CN=C(NCCC(=O)OC)NCCc1ccccc1Cl. The number of aliphatic imine (C=N–C) groups is 1. The number of ether oxygens (including phenoxy) is 1. The third-order valence-corrected chi connectivity index (χ3v) is 3.09. The summed E-state index contributed by atoms with van der Waals surface area (Å²) in [6.45, 7) is 1.19. The van der Waals surface area contributed by atoms with Gasteiger partial charge < -0.3 is 15.4 Å². The van der Waals surface area contributed by atoms with Gasteiger partial charge in [-0.2, -0.15) is 0 Å². The highest BCUT2D eigenvalue weighted by atomic mass is 35.5. The molecule has 0 atom stereocenters. The molecule has 1 aromatic carbocycles. The van der Waals surface area contributed by atoms with Crippen LogP contribution in [-0.4, -0.2) is 39.2 Å². The normalized spacial score (nSPS) is 11.1. The van der Waals surface area contributed by atoms with E-state index >= 15 is 0 Å². The van der Waals surface area contributed by atoms with Crippen LogP contribution < -0.4 is 10.6 Å². The van der Waals surface area contributed by atoms with Crippen LogP contribution in [0.3, 0.4) is 0 Å². The number of benzene rings is 1. The quantitative estimate of drug-likeness (QED) is 0.476. The molecule has 0 heterocycles. The Balaban J connectivity index is 2.28. The van der Waals surface area contributed by atoms with Crippen LogP contribution in [0.5, 0.6) is 0 Å². The highest BCUT2D eigenvalue weighted by Gasteiger charge is 2.02. The van der Waals surface area contributed by atoms with Crippen molar-refractivity contribution in [1.29, 1.82) is 0 Å². The number of carbonyl (C=O) groups is 1. The highest BCUT2D eigenvalue weighted by Crippen LogP contribution is 2.14. The number of methoxy groups -OCH3 is 1. The summed E-state index contributed by atoms with van der Waals surface area (Å²) < 4.78 is 4.56. The van der Waals surface area contributed by atoms with Crippen molar-refractivity contribution in [3.8, 4) is 0 Å². The summed E-state index contributed by atoms with van der Waals surface area (Å²) in [6, 6.07) is 7.75. The second-order valence-electron chi connectivity index (χ2n) is 4.09. The van der Waals surface area contributed by atoms with E-state index in [1.54, 1.807) is 7.05 Å². The maximum absolute atomic E-state index is 11.0. The minimum atomic E-state index is -0.246. The maximum atomic E-state index is 11.0. The van der Waals surface area contributed by atoms with Gasteiger partial charge in [-0.3, -0.25) is 9.79 Å². The first-order valence-electron chi connectivity index (χ1n) is 6.42. The first-order valence-corrected chi connectivity index (χ1v) is 6.80. The Kier molecular flexibility index (Phi) is 7.50. The maximum Gasteiger partial charge on any atom is 0.307 e. The molecule has 0 radical (unpaired) electrons. The molecule has 0 unspecified atom stereocenters. The monoisotopic (exact) mass is 297 g/mol. The lowest BCUT2D eigenvalue weighted by molar-refractivity contribution is -0.140. The molecule has 0 aliphatic carbocycles. The van der Waals surface area contributed by atoms with Gasteiger partial charge in [-0.15, -0.1) is 0 Å². The molecule has 0 bridgehead atoms. The third kappa shape index (κ3) is 5.93. The van der Waals surface area contributed by atoms with Crippen LogP contribution in [0.1, 0.15) is 12.0 Å².